The topological polar surface area (TPSA) is 67.6 Å². The zero-order chi connectivity index (χ0) is 13.2. The highest BCUT2D eigenvalue weighted by Crippen LogP contribution is 2.34. The minimum Gasteiger partial charge on any atom is -0.382 e. The molecule has 0 atom stereocenters. The number of nitrogen functional groups attached to an aromatic ring is 1. The lowest BCUT2D eigenvalue weighted by atomic mass is 10.0. The number of hydrogen-bond acceptors (Lipinski definition) is 3. The fourth-order valence-electron chi connectivity index (χ4n) is 1.99. The Balaban J connectivity index is 2.17. The zero-order valence-electron chi connectivity index (χ0n) is 9.97. The number of aromatic nitrogens is 3. The molecule has 4 nitrogen and oxygen atoms in total. The molecule has 0 bridgehead atoms. The quantitative estimate of drug-likeness (QED) is 0.750. The number of aromatic amines is 1. The third kappa shape index (κ3) is 2.18. The number of nitrogens with one attached hydrogen (secondary N) is 1. The summed E-state index contributed by atoms with van der Waals surface area (Å²) in [5, 5.41) is 7.75. The molecule has 0 saturated carbocycles. The molecule has 19 heavy (non-hydrogen) atoms. The smallest absolute Gasteiger partial charge is 0.153 e. The summed E-state index contributed by atoms with van der Waals surface area (Å²) in [7, 11) is 0. The lowest BCUT2D eigenvalue weighted by molar-refractivity contribution is 1.10. The summed E-state index contributed by atoms with van der Waals surface area (Å²) < 4.78 is 0. The Kier molecular flexibility index (Phi) is 2.93. The number of hydrogen-bond donors (Lipinski definition) is 2. The molecule has 0 amide bonds. The molecule has 0 saturated heterocycles. The van der Waals surface area contributed by atoms with Crippen LogP contribution >= 0.6 is 11.6 Å². The van der Waals surface area contributed by atoms with Crippen molar-refractivity contribution in [2.75, 3.05) is 5.73 Å². The van der Waals surface area contributed by atoms with Crippen LogP contribution < -0.4 is 5.73 Å². The van der Waals surface area contributed by atoms with Gasteiger partial charge < -0.3 is 5.73 Å². The average Bonchev–Trinajstić information content (AvgIpc) is 2.83. The molecule has 1 aromatic carbocycles. The van der Waals surface area contributed by atoms with Crippen molar-refractivity contribution in [1.82, 2.24) is 15.2 Å². The SMILES string of the molecule is Nc1n[nH]c(-c2ccncc2)c1-c1ccc(Cl)cc1. The number of nitrogens with zero attached hydrogens (tertiary/aromatic N) is 2. The minimum absolute atomic E-state index is 0.467. The van der Waals surface area contributed by atoms with Crippen LogP contribution in [0.5, 0.6) is 0 Å². The summed E-state index contributed by atoms with van der Waals surface area (Å²) in [4.78, 5) is 4.01. The number of pyridine rings is 1. The van der Waals surface area contributed by atoms with E-state index in [2.05, 4.69) is 15.2 Å². The van der Waals surface area contributed by atoms with Gasteiger partial charge >= 0.3 is 0 Å². The minimum atomic E-state index is 0.467. The van der Waals surface area contributed by atoms with E-state index in [1.807, 2.05) is 36.4 Å². The summed E-state index contributed by atoms with van der Waals surface area (Å²) in [5.41, 5.74) is 9.68. The molecule has 2 heterocycles. The second-order valence-electron chi connectivity index (χ2n) is 4.10. The summed E-state index contributed by atoms with van der Waals surface area (Å²) in [6.45, 7) is 0. The highest BCUT2D eigenvalue weighted by atomic mass is 35.5. The Labute approximate surface area is 115 Å². The first-order valence-corrected chi connectivity index (χ1v) is 6.13. The van der Waals surface area contributed by atoms with Crippen LogP contribution in [0.4, 0.5) is 5.82 Å². The summed E-state index contributed by atoms with van der Waals surface area (Å²) in [6, 6.07) is 11.3. The molecule has 0 aliphatic heterocycles. The third-order valence-electron chi connectivity index (χ3n) is 2.90. The van der Waals surface area contributed by atoms with Crippen LogP contribution in [0.3, 0.4) is 0 Å². The summed E-state index contributed by atoms with van der Waals surface area (Å²) in [6.07, 6.45) is 3.47. The maximum atomic E-state index is 5.96. The van der Waals surface area contributed by atoms with Crippen molar-refractivity contribution in [3.63, 3.8) is 0 Å². The number of benzene rings is 1. The van der Waals surface area contributed by atoms with E-state index >= 15 is 0 Å². The highest BCUT2D eigenvalue weighted by molar-refractivity contribution is 6.30. The molecule has 3 aromatic rings. The van der Waals surface area contributed by atoms with Crippen LogP contribution in [0, 0.1) is 0 Å². The van der Waals surface area contributed by atoms with E-state index in [1.54, 1.807) is 12.4 Å². The van der Waals surface area contributed by atoms with Gasteiger partial charge in [0.05, 0.1) is 11.3 Å². The second kappa shape index (κ2) is 4.74. The Morgan fingerprint density at radius 1 is 0.947 bits per heavy atom. The number of H-pyrrole nitrogens is 1. The first kappa shape index (κ1) is 11.7. The van der Waals surface area contributed by atoms with Crippen molar-refractivity contribution in [1.29, 1.82) is 0 Å². The predicted octanol–water partition coefficient (Wildman–Crippen LogP) is 3.37. The van der Waals surface area contributed by atoms with Gasteiger partial charge in [0, 0.05) is 23.0 Å². The Bertz CT molecular complexity index is 689. The molecule has 0 aliphatic rings. The van der Waals surface area contributed by atoms with E-state index in [0.29, 0.717) is 10.8 Å². The summed E-state index contributed by atoms with van der Waals surface area (Å²) >= 11 is 5.91. The van der Waals surface area contributed by atoms with Crippen molar-refractivity contribution in [2.24, 2.45) is 0 Å². The van der Waals surface area contributed by atoms with E-state index in [9.17, 15) is 0 Å². The van der Waals surface area contributed by atoms with Crippen LogP contribution in [0.15, 0.2) is 48.8 Å². The Hall–Kier alpha value is -2.33. The molecule has 94 valence electrons. The fourth-order valence-corrected chi connectivity index (χ4v) is 2.12. The first-order valence-electron chi connectivity index (χ1n) is 5.76. The van der Waals surface area contributed by atoms with Crippen LogP contribution in [-0.2, 0) is 0 Å². The summed E-state index contributed by atoms with van der Waals surface area (Å²) in [5.74, 6) is 0.467. The van der Waals surface area contributed by atoms with E-state index < -0.39 is 0 Å². The molecule has 5 heteroatoms. The molecule has 3 N–H and O–H groups in total. The van der Waals surface area contributed by atoms with Crippen LogP contribution in [0.2, 0.25) is 5.02 Å². The predicted molar refractivity (Wildman–Crippen MR) is 76.7 cm³/mol. The van der Waals surface area contributed by atoms with Crippen molar-refractivity contribution in [2.45, 2.75) is 0 Å². The van der Waals surface area contributed by atoms with Gasteiger partial charge in [-0.15, -0.1) is 0 Å². The monoisotopic (exact) mass is 270 g/mol. The molecular weight excluding hydrogens is 260 g/mol. The maximum Gasteiger partial charge on any atom is 0.153 e. The molecule has 0 unspecified atom stereocenters. The molecule has 0 spiro atoms. The van der Waals surface area contributed by atoms with Gasteiger partial charge in [-0.3, -0.25) is 10.1 Å². The Morgan fingerprint density at radius 2 is 1.63 bits per heavy atom. The molecule has 0 aliphatic carbocycles. The van der Waals surface area contributed by atoms with E-state index in [0.717, 1.165) is 22.4 Å². The standard InChI is InChI=1S/C14H11ClN4/c15-11-3-1-9(2-4-11)12-13(18-19-14(12)16)10-5-7-17-8-6-10/h1-8H,(H3,16,18,19). The molecule has 2 aromatic heterocycles. The molecule has 0 radical (unpaired) electrons. The van der Waals surface area contributed by atoms with Gasteiger partial charge in [-0.2, -0.15) is 5.10 Å². The average molecular weight is 271 g/mol. The molecular formula is C14H11ClN4. The van der Waals surface area contributed by atoms with E-state index in [-0.39, 0.29) is 0 Å². The van der Waals surface area contributed by atoms with E-state index in [1.165, 1.54) is 0 Å². The maximum absolute atomic E-state index is 5.96. The number of halogens is 1. The zero-order valence-corrected chi connectivity index (χ0v) is 10.7. The van der Waals surface area contributed by atoms with Crippen molar-refractivity contribution in [3.8, 4) is 22.4 Å². The van der Waals surface area contributed by atoms with Gasteiger partial charge in [-0.25, -0.2) is 0 Å². The van der Waals surface area contributed by atoms with Gasteiger partial charge in [0.15, 0.2) is 5.82 Å². The normalized spacial score (nSPS) is 10.6. The lowest BCUT2D eigenvalue weighted by Gasteiger charge is -2.04. The fraction of sp³-hybridized carbons (Fsp3) is 0. The van der Waals surface area contributed by atoms with Crippen molar-refractivity contribution >= 4 is 17.4 Å². The lowest BCUT2D eigenvalue weighted by Crippen LogP contribution is -1.88. The van der Waals surface area contributed by atoms with Crippen LogP contribution in [0.25, 0.3) is 22.4 Å². The number of nitrogens with two attached hydrogens (primary N) is 1. The van der Waals surface area contributed by atoms with Crippen LogP contribution in [-0.4, -0.2) is 15.2 Å². The van der Waals surface area contributed by atoms with Gasteiger partial charge in [0.25, 0.3) is 0 Å². The molecule has 0 fully saturated rings. The van der Waals surface area contributed by atoms with Gasteiger partial charge in [-0.1, -0.05) is 23.7 Å². The second-order valence-corrected chi connectivity index (χ2v) is 4.54. The number of rotatable bonds is 2. The van der Waals surface area contributed by atoms with E-state index in [4.69, 9.17) is 17.3 Å². The largest absolute Gasteiger partial charge is 0.382 e. The first-order chi connectivity index (χ1) is 9.25. The molecule has 3 rings (SSSR count). The van der Waals surface area contributed by atoms with Gasteiger partial charge in [0.1, 0.15) is 0 Å². The number of anilines is 1. The van der Waals surface area contributed by atoms with Gasteiger partial charge in [-0.05, 0) is 29.8 Å². The Morgan fingerprint density at radius 3 is 2.32 bits per heavy atom. The van der Waals surface area contributed by atoms with Crippen molar-refractivity contribution in [3.05, 3.63) is 53.8 Å². The highest BCUT2D eigenvalue weighted by Gasteiger charge is 2.14. The van der Waals surface area contributed by atoms with Crippen LogP contribution in [0.1, 0.15) is 0 Å². The van der Waals surface area contributed by atoms with Gasteiger partial charge in [0.2, 0.25) is 0 Å². The van der Waals surface area contributed by atoms with Crippen molar-refractivity contribution < 1.29 is 0 Å². The third-order valence-corrected chi connectivity index (χ3v) is 3.15.